The summed E-state index contributed by atoms with van der Waals surface area (Å²) in [5.74, 6) is 0.793. The molecule has 3 N–H and O–H groups in total. The molecular weight excluding hydrogens is 414 g/mol. The second-order valence-corrected chi connectivity index (χ2v) is 7.94. The molecule has 3 aromatic rings. The van der Waals surface area contributed by atoms with Crippen LogP contribution in [0.25, 0.3) is 22.4 Å². The maximum absolute atomic E-state index is 10.7. The minimum Gasteiger partial charge on any atom is -0.390 e. The standard InChI is InChI=1S/C20H27N9O3/c21-19-22-9-14(10-23-19)16-17-18(26-20(25-16)28-3-7-32-8-4-28)29(13-24-17)12-15(30)11-27-1-5-31-6-2-27/h9-10,13,15,30H,1-8,11-12H2,(H2,21,22,23). The molecule has 1 unspecified atom stereocenters. The van der Waals surface area contributed by atoms with Gasteiger partial charge in [-0.05, 0) is 0 Å². The van der Waals surface area contributed by atoms with Crippen molar-refractivity contribution in [2.75, 3.05) is 69.8 Å². The number of fused-ring (bicyclic) bond motifs is 1. The van der Waals surface area contributed by atoms with E-state index >= 15 is 0 Å². The molecule has 2 aliphatic heterocycles. The van der Waals surface area contributed by atoms with E-state index in [1.165, 1.54) is 0 Å². The molecule has 2 aliphatic rings. The van der Waals surface area contributed by atoms with Crippen molar-refractivity contribution < 1.29 is 14.6 Å². The molecule has 0 amide bonds. The lowest BCUT2D eigenvalue weighted by atomic mass is 10.2. The molecule has 1 atom stereocenters. The summed E-state index contributed by atoms with van der Waals surface area (Å²) in [5.41, 5.74) is 8.30. The number of nitrogen functional groups attached to an aromatic ring is 1. The number of nitrogens with zero attached hydrogens (tertiary/aromatic N) is 8. The van der Waals surface area contributed by atoms with Crippen molar-refractivity contribution in [3.05, 3.63) is 18.7 Å². The number of aliphatic hydroxyl groups is 1. The third-order valence-electron chi connectivity index (χ3n) is 5.67. The normalized spacial score (nSPS) is 18.8. The van der Waals surface area contributed by atoms with E-state index in [-0.39, 0.29) is 5.95 Å². The van der Waals surface area contributed by atoms with Crippen LogP contribution in [0.5, 0.6) is 0 Å². The average Bonchev–Trinajstić information content (AvgIpc) is 3.23. The van der Waals surface area contributed by atoms with Gasteiger partial charge in [0.2, 0.25) is 11.9 Å². The van der Waals surface area contributed by atoms with Gasteiger partial charge < -0.3 is 29.8 Å². The first-order valence-electron chi connectivity index (χ1n) is 10.8. The molecule has 0 aliphatic carbocycles. The van der Waals surface area contributed by atoms with Gasteiger partial charge in [-0.15, -0.1) is 0 Å². The number of morpholine rings is 2. The lowest BCUT2D eigenvalue weighted by molar-refractivity contribution is 0.0117. The molecule has 0 bridgehead atoms. The maximum Gasteiger partial charge on any atom is 0.228 e. The Kier molecular flexibility index (Phi) is 6.08. The first-order valence-corrected chi connectivity index (χ1v) is 10.8. The summed E-state index contributed by atoms with van der Waals surface area (Å²) in [4.78, 5) is 26.7. The minimum absolute atomic E-state index is 0.198. The van der Waals surface area contributed by atoms with Crippen LogP contribution in [0.1, 0.15) is 0 Å². The molecular formula is C20H27N9O3. The van der Waals surface area contributed by atoms with Crippen molar-refractivity contribution >= 4 is 23.1 Å². The third-order valence-corrected chi connectivity index (χ3v) is 5.67. The molecule has 170 valence electrons. The molecule has 2 saturated heterocycles. The summed E-state index contributed by atoms with van der Waals surface area (Å²) < 4.78 is 12.7. The summed E-state index contributed by atoms with van der Waals surface area (Å²) in [6.45, 7) is 6.66. The Hall–Kier alpha value is -2.93. The van der Waals surface area contributed by atoms with Gasteiger partial charge in [0.15, 0.2) is 5.65 Å². The van der Waals surface area contributed by atoms with E-state index in [9.17, 15) is 5.11 Å². The first kappa shape index (κ1) is 20.9. The van der Waals surface area contributed by atoms with Crippen molar-refractivity contribution in [1.29, 1.82) is 0 Å². The highest BCUT2D eigenvalue weighted by Crippen LogP contribution is 2.27. The SMILES string of the molecule is Nc1ncc(-c2nc(N3CCOCC3)nc3c2ncn3CC(O)CN2CCOCC2)cn1. The van der Waals surface area contributed by atoms with Crippen molar-refractivity contribution in [1.82, 2.24) is 34.4 Å². The van der Waals surface area contributed by atoms with Gasteiger partial charge in [-0.2, -0.15) is 4.98 Å². The zero-order valence-corrected chi connectivity index (χ0v) is 17.8. The van der Waals surface area contributed by atoms with Gasteiger partial charge in [-0.3, -0.25) is 4.90 Å². The molecule has 12 heteroatoms. The second kappa shape index (κ2) is 9.28. The Bertz CT molecular complexity index is 1050. The Balaban J connectivity index is 1.48. The number of hydrogen-bond acceptors (Lipinski definition) is 11. The summed E-state index contributed by atoms with van der Waals surface area (Å²) in [6, 6.07) is 0. The van der Waals surface area contributed by atoms with Crippen molar-refractivity contribution in [3.8, 4) is 11.3 Å². The van der Waals surface area contributed by atoms with Crippen LogP contribution < -0.4 is 10.6 Å². The monoisotopic (exact) mass is 441 g/mol. The van der Waals surface area contributed by atoms with Gasteiger partial charge in [0, 0.05) is 50.7 Å². The van der Waals surface area contributed by atoms with E-state index in [2.05, 4.69) is 24.8 Å². The van der Waals surface area contributed by atoms with Gasteiger partial charge in [-0.1, -0.05) is 0 Å². The molecule has 2 fully saturated rings. The number of nitrogens with two attached hydrogens (primary N) is 1. The predicted molar refractivity (Wildman–Crippen MR) is 117 cm³/mol. The third kappa shape index (κ3) is 4.48. The van der Waals surface area contributed by atoms with Gasteiger partial charge in [0.25, 0.3) is 0 Å². The van der Waals surface area contributed by atoms with Gasteiger partial charge >= 0.3 is 0 Å². The fourth-order valence-electron chi connectivity index (χ4n) is 4.00. The maximum atomic E-state index is 10.7. The molecule has 0 aromatic carbocycles. The van der Waals surface area contributed by atoms with Crippen LogP contribution in [-0.4, -0.2) is 105 Å². The van der Waals surface area contributed by atoms with Crippen LogP contribution in [0.15, 0.2) is 18.7 Å². The van der Waals surface area contributed by atoms with Gasteiger partial charge in [-0.25, -0.2) is 19.9 Å². The molecule has 0 saturated carbocycles. The predicted octanol–water partition coefficient (Wildman–Crippen LogP) is -0.605. The first-order chi connectivity index (χ1) is 15.7. The van der Waals surface area contributed by atoms with Crippen molar-refractivity contribution in [3.63, 3.8) is 0 Å². The van der Waals surface area contributed by atoms with Gasteiger partial charge in [0.1, 0.15) is 11.2 Å². The molecule has 0 radical (unpaired) electrons. The summed E-state index contributed by atoms with van der Waals surface area (Å²) in [7, 11) is 0. The van der Waals surface area contributed by atoms with Crippen molar-refractivity contribution in [2.24, 2.45) is 0 Å². The Labute approximate surface area is 185 Å². The van der Waals surface area contributed by atoms with Gasteiger partial charge in [0.05, 0.1) is 45.4 Å². The average molecular weight is 441 g/mol. The molecule has 12 nitrogen and oxygen atoms in total. The number of aromatic nitrogens is 6. The van der Waals surface area contributed by atoms with E-state index in [0.29, 0.717) is 81.0 Å². The summed E-state index contributed by atoms with van der Waals surface area (Å²) >= 11 is 0. The quantitative estimate of drug-likeness (QED) is 0.506. The van der Waals surface area contributed by atoms with Crippen LogP contribution >= 0.6 is 0 Å². The number of β-amino-alcohol motifs (C(OH)–C–C–N with tert-alkyl or cyclic N) is 1. The zero-order chi connectivity index (χ0) is 21.9. The zero-order valence-electron chi connectivity index (χ0n) is 17.8. The lowest BCUT2D eigenvalue weighted by Crippen LogP contribution is -2.42. The molecule has 5 rings (SSSR count). The largest absolute Gasteiger partial charge is 0.390 e. The number of aliphatic hydroxyl groups excluding tert-OH is 1. The Morgan fingerprint density at radius 1 is 0.938 bits per heavy atom. The lowest BCUT2D eigenvalue weighted by Gasteiger charge is -2.28. The number of rotatable bonds is 6. The molecule has 32 heavy (non-hydrogen) atoms. The van der Waals surface area contributed by atoms with E-state index < -0.39 is 6.10 Å². The number of imidazole rings is 1. The van der Waals surface area contributed by atoms with Crippen LogP contribution in [-0.2, 0) is 16.0 Å². The van der Waals surface area contributed by atoms with E-state index in [0.717, 1.165) is 13.1 Å². The molecule has 0 spiro atoms. The Morgan fingerprint density at radius 2 is 1.62 bits per heavy atom. The Morgan fingerprint density at radius 3 is 2.34 bits per heavy atom. The van der Waals surface area contributed by atoms with Crippen LogP contribution in [0, 0.1) is 0 Å². The fraction of sp³-hybridized carbons (Fsp3) is 0.550. The highest BCUT2D eigenvalue weighted by molar-refractivity contribution is 5.88. The van der Waals surface area contributed by atoms with Crippen LogP contribution in [0.2, 0.25) is 0 Å². The van der Waals surface area contributed by atoms with E-state index in [1.54, 1.807) is 18.7 Å². The summed E-state index contributed by atoms with van der Waals surface area (Å²) in [6.07, 6.45) is 4.42. The second-order valence-electron chi connectivity index (χ2n) is 7.94. The highest BCUT2D eigenvalue weighted by atomic mass is 16.5. The minimum atomic E-state index is -0.560. The smallest absolute Gasteiger partial charge is 0.228 e. The number of anilines is 2. The van der Waals surface area contributed by atoms with E-state index in [4.69, 9.17) is 25.2 Å². The molecule has 5 heterocycles. The number of hydrogen-bond donors (Lipinski definition) is 2. The fourth-order valence-corrected chi connectivity index (χ4v) is 4.00. The van der Waals surface area contributed by atoms with Crippen LogP contribution in [0.4, 0.5) is 11.9 Å². The highest BCUT2D eigenvalue weighted by Gasteiger charge is 2.22. The number of ether oxygens (including phenoxy) is 2. The molecule has 3 aromatic heterocycles. The topological polar surface area (TPSA) is 141 Å². The van der Waals surface area contributed by atoms with Crippen molar-refractivity contribution in [2.45, 2.75) is 12.6 Å². The van der Waals surface area contributed by atoms with E-state index in [1.807, 2.05) is 4.57 Å². The summed E-state index contributed by atoms with van der Waals surface area (Å²) in [5, 5.41) is 10.7. The van der Waals surface area contributed by atoms with Crippen LogP contribution in [0.3, 0.4) is 0 Å².